The number of primary amides is 1. The average molecular weight is 386 g/mol. The number of amides is 4. The number of piperidine rings is 1. The lowest BCUT2D eigenvalue weighted by Gasteiger charge is -2.32. The van der Waals surface area contributed by atoms with E-state index in [0.29, 0.717) is 30.9 Å². The molecule has 0 radical (unpaired) electrons. The Hall–Kier alpha value is -2.87. The molecule has 4 N–H and O–H groups in total. The molecule has 2 aromatic rings. The number of hydrogen-bond donors (Lipinski definition) is 3. The predicted octanol–water partition coefficient (Wildman–Crippen LogP) is 2.41. The van der Waals surface area contributed by atoms with E-state index in [-0.39, 0.29) is 17.9 Å². The highest BCUT2D eigenvalue weighted by Gasteiger charge is 2.28. The molecular weight excluding hydrogens is 364 g/mol. The molecule has 1 fully saturated rings. The van der Waals surface area contributed by atoms with Crippen molar-refractivity contribution in [3.63, 3.8) is 0 Å². The van der Waals surface area contributed by atoms with Crippen LogP contribution in [0.1, 0.15) is 28.1 Å². The molecule has 1 aliphatic rings. The summed E-state index contributed by atoms with van der Waals surface area (Å²) in [5.41, 5.74) is 6.20. The van der Waals surface area contributed by atoms with Crippen LogP contribution in [0.4, 0.5) is 10.5 Å². The van der Waals surface area contributed by atoms with Crippen LogP contribution in [-0.2, 0) is 11.3 Å². The van der Waals surface area contributed by atoms with Gasteiger partial charge in [-0.1, -0.05) is 6.07 Å². The molecule has 1 aromatic heterocycles. The van der Waals surface area contributed by atoms with Gasteiger partial charge in [0, 0.05) is 29.2 Å². The van der Waals surface area contributed by atoms with E-state index in [1.54, 1.807) is 40.5 Å². The maximum atomic E-state index is 12.5. The second kappa shape index (κ2) is 8.68. The van der Waals surface area contributed by atoms with Crippen molar-refractivity contribution in [2.24, 2.45) is 11.7 Å². The summed E-state index contributed by atoms with van der Waals surface area (Å²) >= 11 is 1.59. The van der Waals surface area contributed by atoms with E-state index in [1.165, 1.54) is 0 Å². The van der Waals surface area contributed by atoms with Crippen LogP contribution in [0.15, 0.2) is 41.8 Å². The normalized spacial score (nSPS) is 16.6. The van der Waals surface area contributed by atoms with Crippen LogP contribution in [0.25, 0.3) is 0 Å². The molecule has 0 saturated carbocycles. The van der Waals surface area contributed by atoms with Gasteiger partial charge >= 0.3 is 6.03 Å². The van der Waals surface area contributed by atoms with Crippen LogP contribution in [0, 0.1) is 5.92 Å². The van der Waals surface area contributed by atoms with Crippen molar-refractivity contribution in [1.29, 1.82) is 0 Å². The molecule has 3 rings (SSSR count). The lowest BCUT2D eigenvalue weighted by Crippen LogP contribution is -2.47. The van der Waals surface area contributed by atoms with Gasteiger partial charge in [0.1, 0.15) is 0 Å². The van der Waals surface area contributed by atoms with Gasteiger partial charge in [0.05, 0.1) is 12.5 Å². The molecule has 7 nitrogen and oxygen atoms in total. The van der Waals surface area contributed by atoms with Crippen molar-refractivity contribution in [3.8, 4) is 0 Å². The van der Waals surface area contributed by atoms with E-state index in [9.17, 15) is 14.4 Å². The topological polar surface area (TPSA) is 105 Å². The summed E-state index contributed by atoms with van der Waals surface area (Å²) < 4.78 is 0. The summed E-state index contributed by atoms with van der Waals surface area (Å²) in [4.78, 5) is 38.8. The first-order chi connectivity index (χ1) is 13.0. The first-order valence-electron chi connectivity index (χ1n) is 8.79. The van der Waals surface area contributed by atoms with Crippen LogP contribution in [-0.4, -0.2) is 35.8 Å². The van der Waals surface area contributed by atoms with Crippen molar-refractivity contribution >= 4 is 34.9 Å². The fourth-order valence-electron chi connectivity index (χ4n) is 3.03. The number of nitrogens with two attached hydrogens (primary N) is 1. The van der Waals surface area contributed by atoms with E-state index in [1.807, 2.05) is 17.5 Å². The van der Waals surface area contributed by atoms with Crippen LogP contribution in [0.2, 0.25) is 0 Å². The molecule has 1 aromatic carbocycles. The maximum Gasteiger partial charge on any atom is 0.317 e. The van der Waals surface area contributed by atoms with E-state index < -0.39 is 5.91 Å². The van der Waals surface area contributed by atoms with Gasteiger partial charge in [-0.2, -0.15) is 0 Å². The highest BCUT2D eigenvalue weighted by molar-refractivity contribution is 7.09. The van der Waals surface area contributed by atoms with Crippen molar-refractivity contribution < 1.29 is 14.4 Å². The molecule has 0 aliphatic carbocycles. The van der Waals surface area contributed by atoms with Gasteiger partial charge in [0.25, 0.3) is 0 Å². The molecule has 1 aliphatic heterocycles. The molecular formula is C19H22N4O3S. The molecule has 4 amide bonds. The second-order valence-corrected chi connectivity index (χ2v) is 7.49. The largest absolute Gasteiger partial charge is 0.366 e. The second-order valence-electron chi connectivity index (χ2n) is 6.45. The first-order valence-corrected chi connectivity index (χ1v) is 9.67. The minimum Gasteiger partial charge on any atom is -0.366 e. The van der Waals surface area contributed by atoms with E-state index in [4.69, 9.17) is 5.73 Å². The van der Waals surface area contributed by atoms with Gasteiger partial charge < -0.3 is 21.3 Å². The summed E-state index contributed by atoms with van der Waals surface area (Å²) in [6.45, 7) is 1.53. The van der Waals surface area contributed by atoms with E-state index >= 15 is 0 Å². The average Bonchev–Trinajstić information content (AvgIpc) is 3.20. The third kappa shape index (κ3) is 5.07. The molecule has 0 spiro atoms. The van der Waals surface area contributed by atoms with Crippen molar-refractivity contribution in [2.45, 2.75) is 19.4 Å². The lowest BCUT2D eigenvalue weighted by atomic mass is 9.97. The number of benzene rings is 1. The van der Waals surface area contributed by atoms with E-state index in [2.05, 4.69) is 10.6 Å². The van der Waals surface area contributed by atoms with Crippen molar-refractivity contribution in [3.05, 3.63) is 52.2 Å². The highest BCUT2D eigenvalue weighted by Crippen LogP contribution is 2.19. The summed E-state index contributed by atoms with van der Waals surface area (Å²) in [5, 5.41) is 7.72. The summed E-state index contributed by atoms with van der Waals surface area (Å²) in [6, 6.07) is 10.2. The van der Waals surface area contributed by atoms with Crippen LogP contribution in [0.3, 0.4) is 0 Å². The molecule has 1 saturated heterocycles. The number of urea groups is 1. The fourth-order valence-corrected chi connectivity index (χ4v) is 3.67. The zero-order chi connectivity index (χ0) is 19.2. The number of likely N-dealkylation sites (tertiary alicyclic amines) is 1. The van der Waals surface area contributed by atoms with Gasteiger partial charge in [-0.3, -0.25) is 9.59 Å². The maximum absolute atomic E-state index is 12.5. The number of anilines is 1. The number of hydrogen-bond acceptors (Lipinski definition) is 4. The molecule has 2 heterocycles. The van der Waals surface area contributed by atoms with Gasteiger partial charge in [-0.05, 0) is 48.6 Å². The van der Waals surface area contributed by atoms with Crippen LogP contribution in [0.5, 0.6) is 0 Å². The quantitative estimate of drug-likeness (QED) is 0.735. The molecule has 27 heavy (non-hydrogen) atoms. The molecule has 1 atom stereocenters. The van der Waals surface area contributed by atoms with E-state index in [0.717, 1.165) is 17.7 Å². The Bertz CT molecular complexity index is 805. The summed E-state index contributed by atoms with van der Waals surface area (Å²) in [7, 11) is 0. The molecule has 142 valence electrons. The minimum atomic E-state index is -0.510. The Kier molecular flexibility index (Phi) is 6.08. The van der Waals surface area contributed by atoms with Gasteiger partial charge in [-0.25, -0.2) is 4.79 Å². The number of nitrogens with zero attached hydrogens (tertiary/aromatic N) is 1. The van der Waals surface area contributed by atoms with Crippen molar-refractivity contribution in [1.82, 2.24) is 10.2 Å². The van der Waals surface area contributed by atoms with Crippen molar-refractivity contribution in [2.75, 3.05) is 18.4 Å². The van der Waals surface area contributed by atoms with Gasteiger partial charge in [0.2, 0.25) is 11.8 Å². The number of thiophene rings is 1. The van der Waals surface area contributed by atoms with Crippen LogP contribution >= 0.6 is 11.3 Å². The smallest absolute Gasteiger partial charge is 0.317 e. The van der Waals surface area contributed by atoms with Crippen LogP contribution < -0.4 is 16.4 Å². The molecule has 1 unspecified atom stereocenters. The number of carbonyl (C=O) groups excluding carboxylic acids is 3. The predicted molar refractivity (Wildman–Crippen MR) is 104 cm³/mol. The Morgan fingerprint density at radius 3 is 2.63 bits per heavy atom. The zero-order valence-electron chi connectivity index (χ0n) is 14.8. The monoisotopic (exact) mass is 386 g/mol. The van der Waals surface area contributed by atoms with Gasteiger partial charge in [0.15, 0.2) is 0 Å². The van der Waals surface area contributed by atoms with Gasteiger partial charge in [-0.15, -0.1) is 11.3 Å². The Morgan fingerprint density at radius 1 is 1.19 bits per heavy atom. The minimum absolute atomic E-state index is 0.127. The Balaban J connectivity index is 1.52. The zero-order valence-corrected chi connectivity index (χ0v) is 15.6. The summed E-state index contributed by atoms with van der Waals surface area (Å²) in [5.74, 6) is -0.899. The molecule has 0 bridgehead atoms. The molecule has 8 heteroatoms. The number of carbonyl (C=O) groups is 3. The third-order valence-corrected chi connectivity index (χ3v) is 5.39. The number of nitrogens with one attached hydrogen (secondary N) is 2. The third-order valence-electron chi connectivity index (χ3n) is 4.51. The number of rotatable bonds is 5. The Labute approximate surface area is 161 Å². The lowest BCUT2D eigenvalue weighted by molar-refractivity contribution is -0.121. The summed E-state index contributed by atoms with van der Waals surface area (Å²) in [6.07, 6.45) is 1.52. The fraction of sp³-hybridized carbons (Fsp3) is 0.316. The standard InChI is InChI=1S/C19H22N4O3S/c20-17(24)13-5-7-15(8-6-13)22-18(25)14-3-1-9-23(12-14)19(26)21-11-16-4-2-10-27-16/h2,4-8,10,14H,1,3,9,11-12H2,(H2,20,24)(H,21,26)(H,22,25). The first kappa shape index (κ1) is 18.9. The SMILES string of the molecule is NC(=O)c1ccc(NC(=O)C2CCCN(C(=O)NCc3cccs3)C2)cc1. The Morgan fingerprint density at radius 2 is 1.96 bits per heavy atom. The highest BCUT2D eigenvalue weighted by atomic mass is 32.1.